The molecular formula is C16H24N2O8. The van der Waals surface area contributed by atoms with Crippen LogP contribution in [-0.2, 0) is 18.9 Å². The summed E-state index contributed by atoms with van der Waals surface area (Å²) in [4.78, 5) is 21.1. The number of ether oxygens (including phenoxy) is 4. The van der Waals surface area contributed by atoms with Crippen LogP contribution in [0.25, 0.3) is 0 Å². The molecule has 0 aliphatic carbocycles. The van der Waals surface area contributed by atoms with E-state index in [1.807, 2.05) is 0 Å². The fourth-order valence-corrected chi connectivity index (χ4v) is 2.66. The number of allylic oxidation sites excluding steroid dienone is 2. The van der Waals surface area contributed by atoms with E-state index < -0.39 is 33.8 Å². The van der Waals surface area contributed by atoms with Crippen LogP contribution in [0.15, 0.2) is 23.5 Å². The molecule has 2 fully saturated rings. The van der Waals surface area contributed by atoms with Gasteiger partial charge in [0, 0.05) is 25.0 Å². The van der Waals surface area contributed by atoms with Crippen molar-refractivity contribution < 1.29 is 28.8 Å². The zero-order chi connectivity index (χ0) is 18.8. The Labute approximate surface area is 151 Å². The first kappa shape index (κ1) is 20.4. The highest BCUT2D eigenvalue weighted by Crippen LogP contribution is 2.18. The summed E-state index contributed by atoms with van der Waals surface area (Å²) >= 11 is 0. The van der Waals surface area contributed by atoms with Gasteiger partial charge in [0.25, 0.3) is 0 Å². The van der Waals surface area contributed by atoms with E-state index in [4.69, 9.17) is 18.9 Å². The van der Waals surface area contributed by atoms with Crippen molar-refractivity contribution in [3.05, 3.63) is 43.8 Å². The van der Waals surface area contributed by atoms with Crippen molar-refractivity contribution in [2.75, 3.05) is 26.4 Å². The molecule has 10 nitrogen and oxygen atoms in total. The maximum absolute atomic E-state index is 11.3. The third kappa shape index (κ3) is 6.79. The van der Waals surface area contributed by atoms with E-state index in [2.05, 4.69) is 0 Å². The summed E-state index contributed by atoms with van der Waals surface area (Å²) in [6, 6.07) is 0. The van der Waals surface area contributed by atoms with Gasteiger partial charge in [-0.2, -0.15) is 0 Å². The molecule has 0 unspecified atom stereocenters. The lowest BCUT2D eigenvalue weighted by atomic mass is 10.2. The maximum Gasteiger partial charge on any atom is 0.341 e. The lowest BCUT2D eigenvalue weighted by Gasteiger charge is -2.22. The Bertz CT molecular complexity index is 488. The molecule has 0 aromatic heterocycles. The molecule has 10 heteroatoms. The Morgan fingerprint density at radius 2 is 1.12 bits per heavy atom. The summed E-state index contributed by atoms with van der Waals surface area (Å²) in [7, 11) is 0. The topological polar surface area (TPSA) is 123 Å². The van der Waals surface area contributed by atoms with Crippen LogP contribution < -0.4 is 0 Å². The zero-order valence-electron chi connectivity index (χ0n) is 14.5. The molecule has 2 aliphatic rings. The minimum atomic E-state index is -0.731. The van der Waals surface area contributed by atoms with E-state index in [0.29, 0.717) is 39.3 Å². The van der Waals surface area contributed by atoms with Crippen molar-refractivity contribution in [3.8, 4) is 0 Å². The summed E-state index contributed by atoms with van der Waals surface area (Å²) in [6.07, 6.45) is 4.62. The Balaban J connectivity index is 1.94. The molecule has 26 heavy (non-hydrogen) atoms. The first-order chi connectivity index (χ1) is 12.6. The Morgan fingerprint density at radius 1 is 0.769 bits per heavy atom. The lowest BCUT2D eigenvalue weighted by Crippen LogP contribution is -2.24. The Hall–Kier alpha value is -1.88. The molecule has 2 heterocycles. The molecule has 0 bridgehead atoms. The molecule has 0 aromatic rings. The first-order valence-electron chi connectivity index (χ1n) is 8.74. The lowest BCUT2D eigenvalue weighted by molar-refractivity contribution is -0.479. The van der Waals surface area contributed by atoms with Gasteiger partial charge in [-0.3, -0.25) is 20.2 Å². The van der Waals surface area contributed by atoms with Crippen molar-refractivity contribution >= 4 is 0 Å². The first-order valence-corrected chi connectivity index (χ1v) is 8.74. The van der Waals surface area contributed by atoms with Gasteiger partial charge in [-0.25, -0.2) is 0 Å². The van der Waals surface area contributed by atoms with Crippen LogP contribution in [-0.4, -0.2) is 48.9 Å². The Morgan fingerprint density at radius 3 is 1.42 bits per heavy atom. The highest BCUT2D eigenvalue weighted by Gasteiger charge is 2.28. The minimum absolute atomic E-state index is 0.251. The third-order valence-corrected chi connectivity index (χ3v) is 3.93. The second kappa shape index (κ2) is 11.0. The molecule has 0 spiro atoms. The monoisotopic (exact) mass is 372 g/mol. The number of hydrogen-bond acceptors (Lipinski definition) is 8. The van der Waals surface area contributed by atoms with Gasteiger partial charge in [-0.05, 0) is 25.7 Å². The van der Waals surface area contributed by atoms with Crippen LogP contribution in [0.5, 0.6) is 0 Å². The third-order valence-electron chi connectivity index (χ3n) is 3.93. The van der Waals surface area contributed by atoms with Gasteiger partial charge in [-0.15, -0.1) is 0 Å². The molecule has 0 radical (unpaired) electrons. The quantitative estimate of drug-likeness (QED) is 0.343. The van der Waals surface area contributed by atoms with Crippen LogP contribution in [0.1, 0.15) is 38.5 Å². The molecular weight excluding hydrogens is 348 g/mol. The van der Waals surface area contributed by atoms with Gasteiger partial charge in [0.2, 0.25) is 0 Å². The van der Waals surface area contributed by atoms with Gasteiger partial charge in [-0.1, -0.05) is 0 Å². The highest BCUT2D eigenvalue weighted by molar-refractivity contribution is 5.18. The average molecular weight is 372 g/mol. The van der Waals surface area contributed by atoms with E-state index in [1.165, 1.54) is 12.2 Å². The molecule has 2 aliphatic heterocycles. The molecule has 0 saturated carbocycles. The van der Waals surface area contributed by atoms with Crippen molar-refractivity contribution in [2.45, 2.75) is 51.1 Å². The van der Waals surface area contributed by atoms with E-state index >= 15 is 0 Å². The molecule has 0 atom stereocenters. The SMILES string of the molecule is O=[N+]([O-])C(=C/CCC1OCCCO1)/C(=C\CCC1OCCCO1)[N+](=O)[O-]. The van der Waals surface area contributed by atoms with Gasteiger partial charge in [0.1, 0.15) is 0 Å². The molecule has 0 amide bonds. The number of nitro groups is 2. The second-order valence-corrected chi connectivity index (χ2v) is 5.90. The fourth-order valence-electron chi connectivity index (χ4n) is 2.66. The summed E-state index contributed by atoms with van der Waals surface area (Å²) < 4.78 is 21.5. The van der Waals surface area contributed by atoms with Gasteiger partial charge < -0.3 is 18.9 Å². The van der Waals surface area contributed by atoms with Crippen LogP contribution in [0.2, 0.25) is 0 Å². The molecule has 0 aromatic carbocycles. The molecule has 2 saturated heterocycles. The smallest absolute Gasteiger partial charge is 0.341 e. The summed E-state index contributed by atoms with van der Waals surface area (Å²) in [5.74, 6) is 0. The van der Waals surface area contributed by atoms with Crippen molar-refractivity contribution in [3.63, 3.8) is 0 Å². The standard InChI is InChI=1S/C16H24N2O8/c19-17(20)13(5-1-7-15-23-9-3-10-24-15)14(18(21)22)6-2-8-16-25-11-4-12-26-16/h5-6,15-16H,1-4,7-12H2/b13-5+,14-6+. The second-order valence-electron chi connectivity index (χ2n) is 5.90. The predicted molar refractivity (Wildman–Crippen MR) is 89.2 cm³/mol. The zero-order valence-corrected chi connectivity index (χ0v) is 14.5. The predicted octanol–water partition coefficient (Wildman–Crippen LogP) is 2.39. The molecule has 2 rings (SSSR count). The number of hydrogen-bond donors (Lipinski definition) is 0. The average Bonchev–Trinajstić information content (AvgIpc) is 2.64. The van der Waals surface area contributed by atoms with Crippen molar-refractivity contribution in [1.29, 1.82) is 0 Å². The van der Waals surface area contributed by atoms with Crippen LogP contribution in [0.4, 0.5) is 0 Å². The van der Waals surface area contributed by atoms with Crippen molar-refractivity contribution in [2.24, 2.45) is 0 Å². The van der Waals surface area contributed by atoms with Crippen LogP contribution >= 0.6 is 0 Å². The largest absolute Gasteiger partial charge is 0.353 e. The van der Waals surface area contributed by atoms with Crippen molar-refractivity contribution in [1.82, 2.24) is 0 Å². The normalized spacial score (nSPS) is 20.9. The molecule has 146 valence electrons. The van der Waals surface area contributed by atoms with E-state index in [9.17, 15) is 20.2 Å². The number of nitrogens with zero attached hydrogens (tertiary/aromatic N) is 2. The summed E-state index contributed by atoms with van der Waals surface area (Å²) in [5, 5.41) is 22.5. The summed E-state index contributed by atoms with van der Waals surface area (Å²) in [5.41, 5.74) is -1.03. The van der Waals surface area contributed by atoms with E-state index in [-0.39, 0.29) is 12.8 Å². The van der Waals surface area contributed by atoms with E-state index in [1.54, 1.807) is 0 Å². The summed E-state index contributed by atoms with van der Waals surface area (Å²) in [6.45, 7) is 2.34. The van der Waals surface area contributed by atoms with Gasteiger partial charge in [0.05, 0.1) is 36.3 Å². The minimum Gasteiger partial charge on any atom is -0.353 e. The van der Waals surface area contributed by atoms with Crippen LogP contribution in [0.3, 0.4) is 0 Å². The molecule has 0 N–H and O–H groups in total. The highest BCUT2D eigenvalue weighted by atomic mass is 16.7. The van der Waals surface area contributed by atoms with Gasteiger partial charge >= 0.3 is 11.4 Å². The van der Waals surface area contributed by atoms with Gasteiger partial charge in [0.15, 0.2) is 12.6 Å². The van der Waals surface area contributed by atoms with Crippen LogP contribution in [0, 0.1) is 20.2 Å². The van der Waals surface area contributed by atoms with E-state index in [0.717, 1.165) is 12.8 Å². The fraction of sp³-hybridized carbons (Fsp3) is 0.750. The number of rotatable bonds is 9. The maximum atomic E-state index is 11.3. The Kier molecular flexibility index (Phi) is 8.62.